The third kappa shape index (κ3) is 3.48. The zero-order valence-electron chi connectivity index (χ0n) is 11.3. The fraction of sp³-hybridized carbons (Fsp3) is 0.600. The monoisotopic (exact) mass is 312 g/mol. The van der Waals surface area contributed by atoms with Crippen molar-refractivity contribution >= 4 is 15.9 Å². The van der Waals surface area contributed by atoms with Crippen LogP contribution in [0.25, 0.3) is 0 Å². The number of hydrogen-bond acceptors (Lipinski definition) is 1. The van der Waals surface area contributed by atoms with Crippen molar-refractivity contribution in [1.29, 1.82) is 0 Å². The molecule has 1 N–H and O–H groups in total. The van der Waals surface area contributed by atoms with Gasteiger partial charge in [-0.1, -0.05) is 22.4 Å². The second kappa shape index (κ2) is 6.58. The molecule has 1 aromatic carbocycles. The van der Waals surface area contributed by atoms with Crippen molar-refractivity contribution in [3.05, 3.63) is 28.2 Å². The molecule has 1 saturated carbocycles. The molecule has 0 spiro atoms. The maximum Gasteiger partial charge on any atom is 0.127 e. The van der Waals surface area contributed by atoms with Crippen LogP contribution in [-0.4, -0.2) is 20.2 Å². The summed E-state index contributed by atoms with van der Waals surface area (Å²) in [6.45, 7) is 1.05. The van der Waals surface area contributed by atoms with Crippen LogP contribution in [0.15, 0.2) is 22.7 Å². The molecular weight excluding hydrogens is 290 g/mol. The maximum absolute atomic E-state index is 5.45. The van der Waals surface area contributed by atoms with E-state index in [4.69, 9.17) is 4.74 Å². The van der Waals surface area contributed by atoms with Gasteiger partial charge in [0.05, 0.1) is 20.2 Å². The van der Waals surface area contributed by atoms with E-state index < -0.39 is 0 Å². The Labute approximate surface area is 118 Å². The highest BCUT2D eigenvalue weighted by Crippen LogP contribution is 2.22. The predicted molar refractivity (Wildman–Crippen MR) is 78.2 cm³/mol. The molecule has 0 heterocycles. The van der Waals surface area contributed by atoms with Gasteiger partial charge < -0.3 is 9.64 Å². The first-order valence-corrected chi connectivity index (χ1v) is 7.64. The van der Waals surface area contributed by atoms with E-state index in [1.165, 1.54) is 37.7 Å². The summed E-state index contributed by atoms with van der Waals surface area (Å²) in [5.74, 6) is 1.01. The minimum Gasteiger partial charge on any atom is -0.496 e. The molecule has 1 fully saturated rings. The van der Waals surface area contributed by atoms with E-state index in [-0.39, 0.29) is 0 Å². The summed E-state index contributed by atoms with van der Waals surface area (Å²) < 4.78 is 6.59. The van der Waals surface area contributed by atoms with E-state index in [0.29, 0.717) is 0 Å². The number of nitrogens with one attached hydrogen (secondary N) is 1. The topological polar surface area (TPSA) is 13.7 Å². The van der Waals surface area contributed by atoms with E-state index in [2.05, 4.69) is 29.0 Å². The van der Waals surface area contributed by atoms with Crippen molar-refractivity contribution in [2.24, 2.45) is 0 Å². The summed E-state index contributed by atoms with van der Waals surface area (Å²) in [4.78, 5) is 1.62. The van der Waals surface area contributed by atoms with Crippen LogP contribution < -0.4 is 9.64 Å². The van der Waals surface area contributed by atoms with Crippen LogP contribution >= 0.6 is 15.9 Å². The molecule has 0 amide bonds. The number of halogens is 1. The molecule has 1 aromatic rings. The molecule has 1 atom stereocenters. The Hall–Kier alpha value is -0.540. The minimum absolute atomic E-state index is 0.822. The summed E-state index contributed by atoms with van der Waals surface area (Å²) in [6, 6.07) is 7.10. The van der Waals surface area contributed by atoms with Crippen LogP contribution in [0.2, 0.25) is 0 Å². The molecule has 0 radical (unpaired) electrons. The quantitative estimate of drug-likeness (QED) is 0.902. The number of methoxy groups -OCH3 is 1. The van der Waals surface area contributed by atoms with Gasteiger partial charge in [0.1, 0.15) is 12.3 Å². The van der Waals surface area contributed by atoms with Gasteiger partial charge in [-0.15, -0.1) is 0 Å². The number of hydrogen-bond donors (Lipinski definition) is 1. The average Bonchev–Trinajstić information content (AvgIpc) is 2.40. The average molecular weight is 313 g/mol. The summed E-state index contributed by atoms with van der Waals surface area (Å²) in [6.07, 6.45) is 6.98. The summed E-state index contributed by atoms with van der Waals surface area (Å²) in [7, 11) is 4.07. The molecule has 1 aliphatic rings. The summed E-state index contributed by atoms with van der Waals surface area (Å²) >= 11 is 3.55. The van der Waals surface area contributed by atoms with Gasteiger partial charge in [-0.05, 0) is 43.9 Å². The molecule has 2 nitrogen and oxygen atoms in total. The second-order valence-corrected chi connectivity index (χ2v) is 6.23. The first kappa shape index (κ1) is 13.9. The normalized spacial score (nSPS) is 18.6. The minimum atomic E-state index is 0.822. The summed E-state index contributed by atoms with van der Waals surface area (Å²) in [5.41, 5.74) is 1.30. The largest absolute Gasteiger partial charge is 0.496 e. The Kier molecular flexibility index (Phi) is 5.07. The second-order valence-electron chi connectivity index (χ2n) is 5.31. The summed E-state index contributed by atoms with van der Waals surface area (Å²) in [5, 5.41) is 0. The molecule has 1 aliphatic carbocycles. The fourth-order valence-corrected chi connectivity index (χ4v) is 3.33. The Morgan fingerprint density at radius 1 is 1.28 bits per heavy atom. The van der Waals surface area contributed by atoms with E-state index in [0.717, 1.165) is 22.8 Å². The third-order valence-corrected chi connectivity index (χ3v) is 4.51. The molecule has 3 heteroatoms. The van der Waals surface area contributed by atoms with E-state index in [9.17, 15) is 0 Å². The lowest BCUT2D eigenvalue weighted by molar-refractivity contribution is -0.921. The van der Waals surface area contributed by atoms with Crippen LogP contribution in [0.5, 0.6) is 5.75 Å². The third-order valence-electron chi connectivity index (χ3n) is 4.01. The molecule has 2 rings (SSSR count). The van der Waals surface area contributed by atoms with Crippen LogP contribution in [0.3, 0.4) is 0 Å². The van der Waals surface area contributed by atoms with Crippen LogP contribution in [0.1, 0.15) is 37.7 Å². The van der Waals surface area contributed by atoms with E-state index >= 15 is 0 Å². The van der Waals surface area contributed by atoms with Gasteiger partial charge >= 0.3 is 0 Å². The standard InChI is InChI=1S/C15H22BrNO/c1-17(14-6-4-3-5-7-14)11-12-10-13(16)8-9-15(12)18-2/h8-10,14H,3-7,11H2,1-2H3/p+1. The zero-order chi connectivity index (χ0) is 13.0. The first-order chi connectivity index (χ1) is 8.70. The lowest BCUT2D eigenvalue weighted by atomic mass is 9.94. The predicted octanol–water partition coefficient (Wildman–Crippen LogP) is 2.81. The first-order valence-electron chi connectivity index (χ1n) is 6.85. The van der Waals surface area contributed by atoms with Gasteiger partial charge in [-0.25, -0.2) is 0 Å². The van der Waals surface area contributed by atoms with Crippen molar-refractivity contribution in [3.8, 4) is 5.75 Å². The Bertz CT molecular complexity index is 388. The number of benzene rings is 1. The zero-order valence-corrected chi connectivity index (χ0v) is 12.9. The lowest BCUT2D eigenvalue weighted by Crippen LogP contribution is -3.11. The molecule has 0 aromatic heterocycles. The highest BCUT2D eigenvalue weighted by atomic mass is 79.9. The van der Waals surface area contributed by atoms with Crippen molar-refractivity contribution in [1.82, 2.24) is 0 Å². The maximum atomic E-state index is 5.45. The molecule has 18 heavy (non-hydrogen) atoms. The van der Waals surface area contributed by atoms with Gasteiger partial charge in [-0.3, -0.25) is 0 Å². The lowest BCUT2D eigenvalue weighted by Gasteiger charge is -2.28. The highest BCUT2D eigenvalue weighted by molar-refractivity contribution is 9.10. The van der Waals surface area contributed by atoms with Gasteiger partial charge in [0.25, 0.3) is 0 Å². The van der Waals surface area contributed by atoms with Crippen LogP contribution in [0, 0.1) is 0 Å². The van der Waals surface area contributed by atoms with Gasteiger partial charge in [0.2, 0.25) is 0 Å². The number of ether oxygens (including phenoxy) is 1. The molecular formula is C15H23BrNO+. The molecule has 0 aliphatic heterocycles. The van der Waals surface area contributed by atoms with Crippen LogP contribution in [-0.2, 0) is 6.54 Å². The van der Waals surface area contributed by atoms with Crippen molar-refractivity contribution < 1.29 is 9.64 Å². The molecule has 100 valence electrons. The smallest absolute Gasteiger partial charge is 0.127 e. The number of rotatable bonds is 4. The molecule has 0 bridgehead atoms. The van der Waals surface area contributed by atoms with Gasteiger partial charge in [0.15, 0.2) is 0 Å². The molecule has 1 unspecified atom stereocenters. The molecule has 0 saturated heterocycles. The van der Waals surface area contributed by atoms with E-state index in [1.807, 2.05) is 12.1 Å². The van der Waals surface area contributed by atoms with Gasteiger partial charge in [0, 0.05) is 10.0 Å². The Morgan fingerprint density at radius 2 is 2.00 bits per heavy atom. The van der Waals surface area contributed by atoms with Crippen molar-refractivity contribution in [2.75, 3.05) is 14.2 Å². The Morgan fingerprint density at radius 3 is 2.67 bits per heavy atom. The van der Waals surface area contributed by atoms with Crippen LogP contribution in [0.4, 0.5) is 0 Å². The van der Waals surface area contributed by atoms with Crippen molar-refractivity contribution in [3.63, 3.8) is 0 Å². The van der Waals surface area contributed by atoms with E-state index in [1.54, 1.807) is 12.0 Å². The SMILES string of the molecule is COc1ccc(Br)cc1C[NH+](C)C1CCCCC1. The van der Waals surface area contributed by atoms with Crippen molar-refractivity contribution in [2.45, 2.75) is 44.7 Å². The van der Waals surface area contributed by atoms with Gasteiger partial charge in [-0.2, -0.15) is 0 Å². The Balaban J connectivity index is 2.05. The highest BCUT2D eigenvalue weighted by Gasteiger charge is 2.22. The fourth-order valence-electron chi connectivity index (χ4n) is 2.93. The number of quaternary nitrogens is 1.